The van der Waals surface area contributed by atoms with Gasteiger partial charge in [-0.3, -0.25) is 4.79 Å². The molecule has 46 heavy (non-hydrogen) atoms. The Bertz CT molecular complexity index is 1520. The number of hydrogen-bond donors (Lipinski definition) is 0. The second-order valence-corrected chi connectivity index (χ2v) is 12.1. The summed E-state index contributed by atoms with van der Waals surface area (Å²) >= 11 is 0. The number of carbonyl (C=O) groups is 1. The van der Waals surface area contributed by atoms with E-state index in [0.29, 0.717) is 57.7 Å². The zero-order valence-corrected chi connectivity index (χ0v) is 28.0. The summed E-state index contributed by atoms with van der Waals surface area (Å²) in [7, 11) is 0. The van der Waals surface area contributed by atoms with Crippen LogP contribution in [-0.2, 0) is 25.7 Å². The Morgan fingerprint density at radius 2 is 0.717 bits per heavy atom. The average molecular weight is 621 g/mol. The van der Waals surface area contributed by atoms with Crippen molar-refractivity contribution < 1.29 is 23.7 Å². The number of aldehydes is 1. The molecule has 0 radical (unpaired) electrons. The second-order valence-electron chi connectivity index (χ2n) is 12.1. The molecule has 5 rings (SSSR count). The first-order chi connectivity index (χ1) is 22.6. The highest BCUT2D eigenvalue weighted by Crippen LogP contribution is 2.39. The van der Waals surface area contributed by atoms with Gasteiger partial charge in [-0.2, -0.15) is 0 Å². The molecule has 1 aliphatic rings. The molecule has 4 aromatic rings. The van der Waals surface area contributed by atoms with Crippen molar-refractivity contribution in [1.82, 2.24) is 0 Å². The zero-order chi connectivity index (χ0) is 32.3. The van der Waals surface area contributed by atoms with Crippen molar-refractivity contribution in [3.63, 3.8) is 0 Å². The predicted molar refractivity (Wildman–Crippen MR) is 186 cm³/mol. The van der Waals surface area contributed by atoms with E-state index in [-0.39, 0.29) is 0 Å². The first-order valence-corrected chi connectivity index (χ1v) is 17.0. The molecule has 0 N–H and O–H groups in total. The highest BCUT2D eigenvalue weighted by Gasteiger charge is 2.22. The van der Waals surface area contributed by atoms with E-state index in [4.69, 9.17) is 18.9 Å². The first kappa shape index (κ1) is 33.1. The van der Waals surface area contributed by atoms with Crippen molar-refractivity contribution in [1.29, 1.82) is 0 Å². The normalized spacial score (nSPS) is 12.3. The van der Waals surface area contributed by atoms with Gasteiger partial charge in [-0.25, -0.2) is 0 Å². The lowest BCUT2D eigenvalue weighted by Gasteiger charge is -2.23. The van der Waals surface area contributed by atoms with E-state index in [9.17, 15) is 4.79 Å². The molecular formula is C41H48O5. The van der Waals surface area contributed by atoms with Gasteiger partial charge in [-0.05, 0) is 82.3 Å². The lowest BCUT2D eigenvalue weighted by molar-refractivity contribution is 0.112. The Hall–Kier alpha value is -4.25. The Kier molecular flexibility index (Phi) is 11.8. The first-order valence-electron chi connectivity index (χ1n) is 17.0. The van der Waals surface area contributed by atoms with Crippen LogP contribution in [0, 0.1) is 0 Å². The van der Waals surface area contributed by atoms with E-state index in [2.05, 4.69) is 82.3 Å². The van der Waals surface area contributed by atoms with Gasteiger partial charge in [0, 0.05) is 31.2 Å². The molecule has 5 heteroatoms. The van der Waals surface area contributed by atoms with Crippen molar-refractivity contribution >= 4 is 6.29 Å². The van der Waals surface area contributed by atoms with Crippen molar-refractivity contribution in [3.05, 3.63) is 117 Å². The fourth-order valence-corrected chi connectivity index (χ4v) is 6.24. The monoisotopic (exact) mass is 620 g/mol. The molecule has 0 atom stereocenters. The molecule has 0 fully saturated rings. The fraction of sp³-hybridized carbons (Fsp3) is 0.390. The van der Waals surface area contributed by atoms with Gasteiger partial charge in [0.1, 0.15) is 29.3 Å². The molecule has 8 bridgehead atoms. The van der Waals surface area contributed by atoms with E-state index < -0.39 is 0 Å². The van der Waals surface area contributed by atoms with Crippen LogP contribution >= 0.6 is 0 Å². The van der Waals surface area contributed by atoms with E-state index in [1.54, 1.807) is 0 Å². The number of ether oxygens (including phenoxy) is 4. The summed E-state index contributed by atoms with van der Waals surface area (Å²) < 4.78 is 26.1. The van der Waals surface area contributed by atoms with E-state index in [0.717, 1.165) is 99.5 Å². The zero-order valence-electron chi connectivity index (χ0n) is 28.0. The van der Waals surface area contributed by atoms with E-state index in [1.165, 1.54) is 0 Å². The quantitative estimate of drug-likeness (QED) is 0.123. The summed E-state index contributed by atoms with van der Waals surface area (Å²) in [5, 5.41) is 0. The summed E-state index contributed by atoms with van der Waals surface area (Å²) in [6.45, 7) is 11.0. The molecule has 0 spiro atoms. The highest BCUT2D eigenvalue weighted by atomic mass is 16.5. The average Bonchev–Trinajstić information content (AvgIpc) is 3.06. The van der Waals surface area contributed by atoms with Crippen molar-refractivity contribution in [2.24, 2.45) is 0 Å². The minimum absolute atomic E-state index is 0.582. The van der Waals surface area contributed by atoms with Crippen LogP contribution in [-0.4, -0.2) is 32.7 Å². The van der Waals surface area contributed by atoms with Gasteiger partial charge < -0.3 is 18.9 Å². The molecule has 5 nitrogen and oxygen atoms in total. The van der Waals surface area contributed by atoms with Gasteiger partial charge in [0.15, 0.2) is 0 Å². The Morgan fingerprint density at radius 1 is 0.457 bits per heavy atom. The van der Waals surface area contributed by atoms with Crippen LogP contribution in [0.3, 0.4) is 0 Å². The van der Waals surface area contributed by atoms with Gasteiger partial charge in [-0.15, -0.1) is 0 Å². The van der Waals surface area contributed by atoms with E-state index >= 15 is 0 Å². The molecule has 0 amide bonds. The van der Waals surface area contributed by atoms with Crippen LogP contribution in [0.5, 0.6) is 23.0 Å². The SMILES string of the molecule is CCCOc1c2cccc1Cc1cccc(c1OCCC)Cc1cc(C=O)cc(c1OCCC)Cc1cccc(c1OCCC)C2. The lowest BCUT2D eigenvalue weighted by atomic mass is 9.90. The number of benzene rings is 4. The van der Waals surface area contributed by atoms with Crippen LogP contribution in [0.4, 0.5) is 0 Å². The number of para-hydroxylation sites is 3. The molecule has 0 saturated heterocycles. The Balaban J connectivity index is 1.78. The smallest absolute Gasteiger partial charge is 0.150 e. The molecule has 0 saturated carbocycles. The van der Waals surface area contributed by atoms with Gasteiger partial charge in [0.05, 0.1) is 26.4 Å². The third kappa shape index (κ3) is 7.75. The molecular weight excluding hydrogens is 572 g/mol. The van der Waals surface area contributed by atoms with Crippen LogP contribution < -0.4 is 18.9 Å². The van der Waals surface area contributed by atoms with E-state index in [1.807, 2.05) is 12.1 Å². The van der Waals surface area contributed by atoms with Crippen molar-refractivity contribution in [3.8, 4) is 23.0 Å². The Labute approximate surface area is 274 Å². The fourth-order valence-electron chi connectivity index (χ4n) is 6.24. The molecule has 242 valence electrons. The lowest BCUT2D eigenvalue weighted by Crippen LogP contribution is -2.10. The summed E-state index contributed by atoms with van der Waals surface area (Å²) in [6, 6.07) is 23.3. The van der Waals surface area contributed by atoms with Crippen LogP contribution in [0.15, 0.2) is 66.7 Å². The van der Waals surface area contributed by atoms with Gasteiger partial charge in [0.25, 0.3) is 0 Å². The number of hydrogen-bond acceptors (Lipinski definition) is 5. The third-order valence-corrected chi connectivity index (χ3v) is 8.26. The number of carbonyl (C=O) groups excluding carboxylic acids is 1. The molecule has 1 aliphatic carbocycles. The van der Waals surface area contributed by atoms with Gasteiger partial charge >= 0.3 is 0 Å². The summed E-state index contributed by atoms with van der Waals surface area (Å²) in [5.74, 6) is 3.61. The largest absolute Gasteiger partial charge is 0.493 e. The van der Waals surface area contributed by atoms with Gasteiger partial charge in [0.2, 0.25) is 0 Å². The summed E-state index contributed by atoms with van der Waals surface area (Å²) in [5.41, 5.74) is 9.29. The van der Waals surface area contributed by atoms with Gasteiger partial charge in [-0.1, -0.05) is 82.3 Å². The van der Waals surface area contributed by atoms with Crippen LogP contribution in [0.2, 0.25) is 0 Å². The standard InChI is InChI=1S/C41H48O5/c1-5-18-43-38-30-12-9-13-31(38)25-33-15-11-17-35(40(33)45-20-7-3)27-37-23-29(28-42)22-36(41(37)46-21-8-4)26-34-16-10-14-32(24-30)39(34)44-19-6-2/h9-17,22-23,28H,5-8,18-21,24-27H2,1-4H3. The maximum Gasteiger partial charge on any atom is 0.150 e. The second kappa shape index (κ2) is 16.4. The maximum atomic E-state index is 12.3. The molecule has 4 aromatic carbocycles. The van der Waals surface area contributed by atoms with Crippen molar-refractivity contribution in [2.45, 2.75) is 79.1 Å². The highest BCUT2D eigenvalue weighted by molar-refractivity contribution is 5.77. The third-order valence-electron chi connectivity index (χ3n) is 8.26. The molecule has 0 aliphatic heterocycles. The predicted octanol–water partition coefficient (Wildman–Crippen LogP) is 9.33. The summed E-state index contributed by atoms with van der Waals surface area (Å²) in [4.78, 5) is 12.3. The molecule has 0 aromatic heterocycles. The van der Waals surface area contributed by atoms with Crippen LogP contribution in [0.1, 0.15) is 108 Å². The minimum Gasteiger partial charge on any atom is -0.493 e. The number of rotatable bonds is 13. The van der Waals surface area contributed by atoms with Crippen LogP contribution in [0.25, 0.3) is 0 Å². The maximum absolute atomic E-state index is 12.3. The molecule has 0 heterocycles. The van der Waals surface area contributed by atoms with Crippen molar-refractivity contribution in [2.75, 3.05) is 26.4 Å². The summed E-state index contributed by atoms with van der Waals surface area (Å²) in [6.07, 6.45) is 7.09. The minimum atomic E-state index is 0.582. The topological polar surface area (TPSA) is 54.0 Å². The molecule has 0 unspecified atom stereocenters. The number of fused-ring (bicyclic) bond motifs is 8. The Morgan fingerprint density at radius 3 is 0.978 bits per heavy atom.